The lowest BCUT2D eigenvalue weighted by Gasteiger charge is -2.47. The average molecular weight is 348 g/mol. The fourth-order valence-electron chi connectivity index (χ4n) is 4.52. The summed E-state index contributed by atoms with van der Waals surface area (Å²) < 4.78 is 5.44. The Bertz CT molecular complexity index is 525. The van der Waals surface area contributed by atoms with Crippen LogP contribution >= 0.6 is 0 Å². The van der Waals surface area contributed by atoms with Crippen molar-refractivity contribution in [3.05, 3.63) is 11.6 Å². The van der Waals surface area contributed by atoms with Gasteiger partial charge in [0.05, 0.1) is 5.41 Å². The van der Waals surface area contributed by atoms with Gasteiger partial charge in [0, 0.05) is 45.5 Å². The lowest BCUT2D eigenvalue weighted by atomic mass is 9.71. The summed E-state index contributed by atoms with van der Waals surface area (Å²) in [6, 6.07) is 0. The number of nitrogens with zero attached hydrogens (tertiary/aromatic N) is 2. The van der Waals surface area contributed by atoms with E-state index in [4.69, 9.17) is 4.74 Å². The summed E-state index contributed by atoms with van der Waals surface area (Å²) in [5.41, 5.74) is 0.812. The normalized spacial score (nSPS) is 24.5. The molecule has 0 aliphatic carbocycles. The molecule has 140 valence electrons. The second-order valence-electron chi connectivity index (χ2n) is 8.24. The molecule has 5 heteroatoms. The van der Waals surface area contributed by atoms with Gasteiger partial charge >= 0.3 is 0 Å². The van der Waals surface area contributed by atoms with E-state index in [0.29, 0.717) is 24.9 Å². The molecule has 3 aliphatic heterocycles. The number of carbonyl (C=O) groups excluding carboxylic acids is 2. The van der Waals surface area contributed by atoms with E-state index in [1.807, 2.05) is 18.7 Å². The van der Waals surface area contributed by atoms with E-state index in [1.54, 1.807) is 6.08 Å². The standard InChI is InChI=1S/C20H32N2O3/c1-16(2)14-18(23)21-10-7-20(8-11-21)6-3-9-22(19(20)24)15-17-4-12-25-13-5-17/h14,17H,3-13,15H2,1-2H3. The van der Waals surface area contributed by atoms with E-state index in [1.165, 1.54) is 0 Å². The van der Waals surface area contributed by atoms with Gasteiger partial charge in [-0.25, -0.2) is 0 Å². The maximum Gasteiger partial charge on any atom is 0.246 e. The molecule has 0 aromatic heterocycles. The van der Waals surface area contributed by atoms with Crippen molar-refractivity contribution >= 4 is 11.8 Å². The average Bonchev–Trinajstić information content (AvgIpc) is 2.60. The smallest absolute Gasteiger partial charge is 0.246 e. The highest BCUT2D eigenvalue weighted by atomic mass is 16.5. The SMILES string of the molecule is CC(C)=CC(=O)N1CCC2(CCCN(CC3CCOCC3)C2=O)CC1. The molecule has 1 spiro atoms. The molecule has 2 amide bonds. The van der Waals surface area contributed by atoms with Gasteiger partial charge in [0.1, 0.15) is 0 Å². The van der Waals surface area contributed by atoms with E-state index >= 15 is 0 Å². The molecule has 0 aromatic carbocycles. The van der Waals surface area contributed by atoms with Gasteiger partial charge in [-0.15, -0.1) is 0 Å². The minimum Gasteiger partial charge on any atom is -0.381 e. The van der Waals surface area contributed by atoms with Crippen molar-refractivity contribution in [1.29, 1.82) is 0 Å². The number of ether oxygens (including phenoxy) is 1. The van der Waals surface area contributed by atoms with Crippen molar-refractivity contribution in [2.75, 3.05) is 39.4 Å². The van der Waals surface area contributed by atoms with Crippen LogP contribution in [0.4, 0.5) is 0 Å². The first-order valence-corrected chi connectivity index (χ1v) is 9.81. The van der Waals surface area contributed by atoms with Gasteiger partial charge in [-0.05, 0) is 58.3 Å². The maximum absolute atomic E-state index is 13.2. The van der Waals surface area contributed by atoms with E-state index in [9.17, 15) is 9.59 Å². The number of rotatable bonds is 3. The lowest BCUT2D eigenvalue weighted by molar-refractivity contribution is -0.153. The van der Waals surface area contributed by atoms with E-state index < -0.39 is 0 Å². The molecule has 0 radical (unpaired) electrons. The molecule has 25 heavy (non-hydrogen) atoms. The number of allylic oxidation sites excluding steroid dienone is 1. The van der Waals surface area contributed by atoms with Crippen LogP contribution in [0.3, 0.4) is 0 Å². The van der Waals surface area contributed by atoms with Gasteiger partial charge in [-0.2, -0.15) is 0 Å². The monoisotopic (exact) mass is 348 g/mol. The van der Waals surface area contributed by atoms with Crippen molar-refractivity contribution in [3.8, 4) is 0 Å². The van der Waals surface area contributed by atoms with Crippen LogP contribution in [0.15, 0.2) is 11.6 Å². The van der Waals surface area contributed by atoms with Gasteiger partial charge in [-0.3, -0.25) is 9.59 Å². The first-order chi connectivity index (χ1) is 12.0. The zero-order chi connectivity index (χ0) is 17.9. The number of likely N-dealkylation sites (tertiary alicyclic amines) is 2. The van der Waals surface area contributed by atoms with E-state index in [0.717, 1.165) is 70.4 Å². The van der Waals surface area contributed by atoms with Crippen molar-refractivity contribution in [3.63, 3.8) is 0 Å². The number of amides is 2. The molecule has 0 aromatic rings. The predicted molar refractivity (Wildman–Crippen MR) is 97.0 cm³/mol. The summed E-state index contributed by atoms with van der Waals surface area (Å²) in [4.78, 5) is 29.5. The molecular formula is C20H32N2O3. The van der Waals surface area contributed by atoms with Crippen LogP contribution in [-0.2, 0) is 14.3 Å². The minimum atomic E-state index is -0.217. The maximum atomic E-state index is 13.2. The van der Waals surface area contributed by atoms with Crippen LogP contribution in [0.5, 0.6) is 0 Å². The summed E-state index contributed by atoms with van der Waals surface area (Å²) in [6.45, 7) is 8.77. The number of piperidine rings is 2. The fourth-order valence-corrected chi connectivity index (χ4v) is 4.52. The Kier molecular flexibility index (Phi) is 5.82. The van der Waals surface area contributed by atoms with Crippen molar-refractivity contribution in [2.45, 2.75) is 52.4 Å². The summed E-state index contributed by atoms with van der Waals surface area (Å²) in [5, 5.41) is 0. The first kappa shape index (κ1) is 18.4. The largest absolute Gasteiger partial charge is 0.381 e. The van der Waals surface area contributed by atoms with Crippen molar-refractivity contribution in [1.82, 2.24) is 9.80 Å². The molecule has 3 heterocycles. The Labute approximate surface area is 151 Å². The zero-order valence-corrected chi connectivity index (χ0v) is 15.8. The molecule has 3 fully saturated rings. The number of carbonyl (C=O) groups is 2. The Morgan fingerprint density at radius 3 is 2.48 bits per heavy atom. The molecule has 0 N–H and O–H groups in total. The van der Waals surface area contributed by atoms with Gasteiger partial charge in [0.2, 0.25) is 11.8 Å². The molecule has 0 unspecified atom stereocenters. The number of hydrogen-bond acceptors (Lipinski definition) is 3. The van der Waals surface area contributed by atoms with Crippen LogP contribution < -0.4 is 0 Å². The minimum absolute atomic E-state index is 0.0946. The summed E-state index contributed by atoms with van der Waals surface area (Å²) in [7, 11) is 0. The highest BCUT2D eigenvalue weighted by Crippen LogP contribution is 2.41. The Hall–Kier alpha value is -1.36. The van der Waals surface area contributed by atoms with Crippen LogP contribution in [0.1, 0.15) is 52.4 Å². The summed E-state index contributed by atoms with van der Waals surface area (Å²) in [5.74, 6) is 1.03. The van der Waals surface area contributed by atoms with Crippen LogP contribution in [0.25, 0.3) is 0 Å². The Balaban J connectivity index is 1.59. The predicted octanol–water partition coefficient (Wildman–Crippen LogP) is 2.61. The van der Waals surface area contributed by atoms with Gasteiger partial charge in [-0.1, -0.05) is 5.57 Å². The third-order valence-corrected chi connectivity index (χ3v) is 6.09. The molecule has 0 bridgehead atoms. The van der Waals surface area contributed by atoms with Gasteiger partial charge in [0.15, 0.2) is 0 Å². The molecule has 0 atom stereocenters. The first-order valence-electron chi connectivity index (χ1n) is 9.81. The van der Waals surface area contributed by atoms with Crippen LogP contribution in [0, 0.1) is 11.3 Å². The second kappa shape index (κ2) is 7.90. The topological polar surface area (TPSA) is 49.9 Å². The molecule has 3 aliphatic rings. The quantitative estimate of drug-likeness (QED) is 0.737. The summed E-state index contributed by atoms with van der Waals surface area (Å²) in [6.07, 6.45) is 7.57. The second-order valence-corrected chi connectivity index (χ2v) is 8.24. The van der Waals surface area contributed by atoms with E-state index in [2.05, 4.69) is 4.90 Å². The molecular weight excluding hydrogens is 316 g/mol. The fraction of sp³-hybridized carbons (Fsp3) is 0.800. The molecule has 0 saturated carbocycles. The van der Waals surface area contributed by atoms with Crippen molar-refractivity contribution < 1.29 is 14.3 Å². The van der Waals surface area contributed by atoms with E-state index in [-0.39, 0.29) is 11.3 Å². The molecule has 5 nitrogen and oxygen atoms in total. The highest BCUT2D eigenvalue weighted by molar-refractivity contribution is 5.89. The number of hydrogen-bond donors (Lipinski definition) is 0. The lowest BCUT2D eigenvalue weighted by Crippen LogP contribution is -2.55. The summed E-state index contributed by atoms with van der Waals surface area (Å²) >= 11 is 0. The van der Waals surface area contributed by atoms with Gasteiger partial charge in [0.25, 0.3) is 0 Å². The Morgan fingerprint density at radius 1 is 1.16 bits per heavy atom. The highest BCUT2D eigenvalue weighted by Gasteiger charge is 2.46. The van der Waals surface area contributed by atoms with Crippen LogP contribution in [0.2, 0.25) is 0 Å². The zero-order valence-electron chi connectivity index (χ0n) is 15.8. The van der Waals surface area contributed by atoms with Gasteiger partial charge < -0.3 is 14.5 Å². The third-order valence-electron chi connectivity index (χ3n) is 6.09. The van der Waals surface area contributed by atoms with Crippen LogP contribution in [-0.4, -0.2) is 61.0 Å². The third kappa shape index (κ3) is 4.25. The van der Waals surface area contributed by atoms with Crippen molar-refractivity contribution in [2.24, 2.45) is 11.3 Å². The molecule has 3 rings (SSSR count). The Morgan fingerprint density at radius 2 is 1.84 bits per heavy atom. The molecule has 3 saturated heterocycles.